The number of nitrogens with two attached hydrogens (primary N) is 1. The van der Waals surface area contributed by atoms with Crippen LogP contribution in [-0.2, 0) is 22.3 Å². The molecule has 0 fully saturated rings. The van der Waals surface area contributed by atoms with Gasteiger partial charge in [0, 0.05) is 27.2 Å². The molecule has 16 heavy (non-hydrogen) atoms. The van der Waals surface area contributed by atoms with E-state index in [0.29, 0.717) is 31.1 Å². The summed E-state index contributed by atoms with van der Waals surface area (Å²) in [5.41, 5.74) is 5.51. The molecule has 2 unspecified atom stereocenters. The SMILES string of the molecule is COC(C)Cc1noc(CC(CN)OC)n1. The highest BCUT2D eigenvalue weighted by molar-refractivity contribution is 4.90. The average Bonchev–Trinajstić information content (AvgIpc) is 2.73. The maximum atomic E-state index is 5.51. The van der Waals surface area contributed by atoms with Gasteiger partial charge in [0.05, 0.1) is 18.6 Å². The normalized spacial score (nSPS) is 15.0. The van der Waals surface area contributed by atoms with Crippen LogP contribution in [0.1, 0.15) is 18.6 Å². The van der Waals surface area contributed by atoms with E-state index in [2.05, 4.69) is 10.1 Å². The van der Waals surface area contributed by atoms with Crippen molar-refractivity contribution in [3.05, 3.63) is 11.7 Å². The van der Waals surface area contributed by atoms with Crippen LogP contribution in [0.3, 0.4) is 0 Å². The summed E-state index contributed by atoms with van der Waals surface area (Å²) in [5.74, 6) is 1.20. The van der Waals surface area contributed by atoms with Crippen LogP contribution in [0.5, 0.6) is 0 Å². The third-order valence-electron chi connectivity index (χ3n) is 2.38. The molecule has 2 N–H and O–H groups in total. The Hall–Kier alpha value is -0.980. The molecule has 0 aliphatic carbocycles. The van der Waals surface area contributed by atoms with E-state index in [9.17, 15) is 0 Å². The smallest absolute Gasteiger partial charge is 0.229 e. The number of nitrogens with zero attached hydrogens (tertiary/aromatic N) is 2. The zero-order valence-electron chi connectivity index (χ0n) is 9.97. The summed E-state index contributed by atoms with van der Waals surface area (Å²) in [6.07, 6.45) is 1.19. The van der Waals surface area contributed by atoms with Crippen LogP contribution in [0.15, 0.2) is 4.52 Å². The fourth-order valence-electron chi connectivity index (χ4n) is 1.25. The quantitative estimate of drug-likeness (QED) is 0.717. The summed E-state index contributed by atoms with van der Waals surface area (Å²) < 4.78 is 15.3. The van der Waals surface area contributed by atoms with E-state index < -0.39 is 0 Å². The van der Waals surface area contributed by atoms with Gasteiger partial charge in [-0.1, -0.05) is 5.16 Å². The zero-order chi connectivity index (χ0) is 12.0. The lowest BCUT2D eigenvalue weighted by atomic mass is 10.2. The van der Waals surface area contributed by atoms with Gasteiger partial charge in [-0.25, -0.2) is 0 Å². The molecule has 0 aromatic carbocycles. The van der Waals surface area contributed by atoms with Gasteiger partial charge >= 0.3 is 0 Å². The average molecular weight is 229 g/mol. The van der Waals surface area contributed by atoms with Gasteiger partial charge in [0.2, 0.25) is 5.89 Å². The van der Waals surface area contributed by atoms with E-state index in [1.165, 1.54) is 0 Å². The summed E-state index contributed by atoms with van der Waals surface area (Å²) in [5, 5.41) is 3.86. The fourth-order valence-corrected chi connectivity index (χ4v) is 1.25. The molecule has 1 rings (SSSR count). The predicted molar refractivity (Wildman–Crippen MR) is 58.0 cm³/mol. The van der Waals surface area contributed by atoms with E-state index in [1.54, 1.807) is 14.2 Å². The minimum absolute atomic E-state index is 0.0758. The Labute approximate surface area is 95.1 Å². The maximum absolute atomic E-state index is 5.51. The lowest BCUT2D eigenvalue weighted by molar-refractivity contribution is 0.102. The Morgan fingerprint density at radius 1 is 1.31 bits per heavy atom. The molecule has 1 aromatic heterocycles. The summed E-state index contributed by atoms with van der Waals surface area (Å²) in [6.45, 7) is 2.39. The van der Waals surface area contributed by atoms with Crippen molar-refractivity contribution in [3.63, 3.8) is 0 Å². The van der Waals surface area contributed by atoms with Crippen LogP contribution in [0.4, 0.5) is 0 Å². The standard InChI is InChI=1S/C10H19N3O3/c1-7(14-2)4-9-12-10(16-13-9)5-8(6-11)15-3/h7-8H,4-6,11H2,1-3H3. The topological polar surface area (TPSA) is 83.4 Å². The van der Waals surface area contributed by atoms with Crippen molar-refractivity contribution in [1.82, 2.24) is 10.1 Å². The van der Waals surface area contributed by atoms with Crippen LogP contribution < -0.4 is 5.73 Å². The highest BCUT2D eigenvalue weighted by Gasteiger charge is 2.14. The van der Waals surface area contributed by atoms with Crippen LogP contribution in [0.2, 0.25) is 0 Å². The van der Waals surface area contributed by atoms with Gasteiger partial charge in [0.25, 0.3) is 0 Å². The van der Waals surface area contributed by atoms with Gasteiger partial charge < -0.3 is 19.7 Å². The third-order valence-corrected chi connectivity index (χ3v) is 2.38. The van der Waals surface area contributed by atoms with Crippen LogP contribution >= 0.6 is 0 Å². The van der Waals surface area contributed by atoms with Gasteiger partial charge in [0.15, 0.2) is 5.82 Å². The highest BCUT2D eigenvalue weighted by atomic mass is 16.5. The highest BCUT2D eigenvalue weighted by Crippen LogP contribution is 2.05. The Kier molecular flexibility index (Phi) is 5.37. The number of rotatable bonds is 7. The lowest BCUT2D eigenvalue weighted by Gasteiger charge is -2.08. The molecule has 0 radical (unpaired) electrons. The minimum Gasteiger partial charge on any atom is -0.381 e. The van der Waals surface area contributed by atoms with E-state index >= 15 is 0 Å². The predicted octanol–water partition coefficient (Wildman–Crippen LogP) is 0.163. The molecule has 92 valence electrons. The molecule has 0 aliphatic heterocycles. The molecule has 0 saturated carbocycles. The molecule has 0 aliphatic rings. The molecular formula is C10H19N3O3. The minimum atomic E-state index is -0.0758. The third kappa shape index (κ3) is 3.88. The number of aromatic nitrogens is 2. The van der Waals surface area contributed by atoms with E-state index in [1.807, 2.05) is 6.92 Å². The molecule has 0 spiro atoms. The van der Waals surface area contributed by atoms with Gasteiger partial charge in [-0.15, -0.1) is 0 Å². The van der Waals surface area contributed by atoms with Crippen molar-refractivity contribution < 1.29 is 14.0 Å². The molecule has 6 nitrogen and oxygen atoms in total. The van der Waals surface area contributed by atoms with Crippen LogP contribution in [0.25, 0.3) is 0 Å². The van der Waals surface area contributed by atoms with Crippen molar-refractivity contribution in [1.29, 1.82) is 0 Å². The van der Waals surface area contributed by atoms with Gasteiger partial charge in [-0.05, 0) is 6.92 Å². The van der Waals surface area contributed by atoms with E-state index in [-0.39, 0.29) is 12.2 Å². The Balaban J connectivity index is 2.50. The van der Waals surface area contributed by atoms with Gasteiger partial charge in [0.1, 0.15) is 0 Å². The van der Waals surface area contributed by atoms with E-state index in [0.717, 1.165) is 0 Å². The van der Waals surface area contributed by atoms with Crippen molar-refractivity contribution >= 4 is 0 Å². The van der Waals surface area contributed by atoms with E-state index in [4.69, 9.17) is 19.7 Å². The first-order valence-corrected chi connectivity index (χ1v) is 5.26. The summed E-state index contributed by atoms with van der Waals surface area (Å²) in [7, 11) is 3.27. The molecule has 2 atom stereocenters. The maximum Gasteiger partial charge on any atom is 0.229 e. The number of hydrogen-bond donors (Lipinski definition) is 1. The molecule has 6 heteroatoms. The van der Waals surface area contributed by atoms with Crippen LogP contribution in [0, 0.1) is 0 Å². The molecule has 0 saturated heterocycles. The molecule has 1 aromatic rings. The summed E-state index contributed by atoms with van der Waals surface area (Å²) >= 11 is 0. The van der Waals surface area contributed by atoms with Crippen molar-refractivity contribution in [2.24, 2.45) is 5.73 Å². The summed E-state index contributed by atoms with van der Waals surface area (Å²) in [4.78, 5) is 4.24. The molecular weight excluding hydrogens is 210 g/mol. The second kappa shape index (κ2) is 6.57. The largest absolute Gasteiger partial charge is 0.381 e. The Bertz CT molecular complexity index is 299. The van der Waals surface area contributed by atoms with Crippen molar-refractivity contribution in [2.45, 2.75) is 32.0 Å². The summed E-state index contributed by atoms with van der Waals surface area (Å²) in [6, 6.07) is 0. The zero-order valence-corrected chi connectivity index (χ0v) is 9.97. The number of ether oxygens (including phenoxy) is 2. The van der Waals surface area contributed by atoms with Crippen molar-refractivity contribution in [2.75, 3.05) is 20.8 Å². The first-order chi connectivity index (χ1) is 7.69. The lowest BCUT2D eigenvalue weighted by Crippen LogP contribution is -2.24. The fraction of sp³-hybridized carbons (Fsp3) is 0.800. The van der Waals surface area contributed by atoms with Crippen LogP contribution in [-0.4, -0.2) is 43.1 Å². The molecule has 0 amide bonds. The first-order valence-electron chi connectivity index (χ1n) is 5.26. The Morgan fingerprint density at radius 3 is 2.62 bits per heavy atom. The first kappa shape index (κ1) is 13.1. The van der Waals surface area contributed by atoms with Gasteiger partial charge in [-0.3, -0.25) is 0 Å². The number of hydrogen-bond acceptors (Lipinski definition) is 6. The molecule has 0 bridgehead atoms. The second-order valence-corrected chi connectivity index (χ2v) is 3.65. The number of methoxy groups -OCH3 is 2. The monoisotopic (exact) mass is 229 g/mol. The van der Waals surface area contributed by atoms with Gasteiger partial charge in [-0.2, -0.15) is 4.98 Å². The Morgan fingerprint density at radius 2 is 2.06 bits per heavy atom. The van der Waals surface area contributed by atoms with Crippen molar-refractivity contribution in [3.8, 4) is 0 Å². The second-order valence-electron chi connectivity index (χ2n) is 3.65. The molecule has 1 heterocycles.